The number of benzene rings is 2. The number of fused-ring (bicyclic) bond motifs is 1. The molecule has 1 N–H and O–H groups in total. The van der Waals surface area contributed by atoms with Crippen LogP contribution in [-0.4, -0.2) is 33.2 Å². The average Bonchev–Trinajstić information content (AvgIpc) is 3.17. The third-order valence-electron chi connectivity index (χ3n) is 4.45. The summed E-state index contributed by atoms with van der Waals surface area (Å²) in [7, 11) is -4.00. The van der Waals surface area contributed by atoms with E-state index in [-0.39, 0.29) is 27.6 Å². The van der Waals surface area contributed by atoms with Gasteiger partial charge in [0.25, 0.3) is 0 Å². The number of sulfone groups is 1. The van der Waals surface area contributed by atoms with E-state index in [1.165, 1.54) is 12.1 Å². The van der Waals surface area contributed by atoms with E-state index < -0.39 is 9.84 Å². The molecule has 0 saturated carbocycles. The smallest absolute Gasteiger partial charge is 0.233 e. The molecular formula is C21H21ClN2O5S. The first-order valence-electron chi connectivity index (χ1n) is 9.50. The molecule has 2 aromatic carbocycles. The summed E-state index contributed by atoms with van der Waals surface area (Å²) in [6, 6.07) is 11.5. The Balaban J connectivity index is 1.80. The van der Waals surface area contributed by atoms with Crippen LogP contribution in [0.1, 0.15) is 13.8 Å². The first-order chi connectivity index (χ1) is 14.4. The number of nitrogens with one attached hydrogen (secondary N) is 1. The van der Waals surface area contributed by atoms with Crippen LogP contribution in [0.15, 0.2) is 56.8 Å². The fourth-order valence-corrected chi connectivity index (χ4v) is 4.46. The maximum atomic E-state index is 13.4. The van der Waals surface area contributed by atoms with Crippen LogP contribution < -0.4 is 14.8 Å². The van der Waals surface area contributed by atoms with Crippen molar-refractivity contribution in [1.29, 1.82) is 0 Å². The lowest BCUT2D eigenvalue weighted by Gasteiger charge is -2.18. The molecule has 0 spiro atoms. The van der Waals surface area contributed by atoms with Gasteiger partial charge >= 0.3 is 0 Å². The van der Waals surface area contributed by atoms with E-state index in [1.54, 1.807) is 30.3 Å². The predicted molar refractivity (Wildman–Crippen MR) is 113 cm³/mol. The van der Waals surface area contributed by atoms with Gasteiger partial charge in [0.15, 0.2) is 11.5 Å². The van der Waals surface area contributed by atoms with Crippen LogP contribution in [0.3, 0.4) is 0 Å². The molecule has 0 fully saturated rings. The van der Waals surface area contributed by atoms with Gasteiger partial charge in [-0.3, -0.25) is 0 Å². The lowest BCUT2D eigenvalue weighted by atomic mass is 10.2. The molecule has 1 aromatic heterocycles. The summed E-state index contributed by atoms with van der Waals surface area (Å²) in [5.74, 6) is 1.37. The van der Waals surface area contributed by atoms with Gasteiger partial charge in [0.1, 0.15) is 13.2 Å². The van der Waals surface area contributed by atoms with Crippen LogP contribution in [0.4, 0.5) is 5.88 Å². The van der Waals surface area contributed by atoms with Gasteiger partial charge in [-0.15, -0.1) is 0 Å². The molecule has 0 amide bonds. The second kappa shape index (κ2) is 8.20. The molecule has 0 bridgehead atoms. The molecule has 0 atom stereocenters. The van der Waals surface area contributed by atoms with E-state index in [9.17, 15) is 8.42 Å². The van der Waals surface area contributed by atoms with Crippen LogP contribution in [0.2, 0.25) is 5.02 Å². The Kier molecular flexibility index (Phi) is 5.62. The molecule has 4 rings (SSSR count). The summed E-state index contributed by atoms with van der Waals surface area (Å²) in [6.45, 7) is 5.31. The van der Waals surface area contributed by atoms with E-state index in [4.69, 9.17) is 25.5 Å². The van der Waals surface area contributed by atoms with Gasteiger partial charge in [0.05, 0.1) is 15.5 Å². The number of hydrogen-bond acceptors (Lipinski definition) is 7. The molecule has 2 heterocycles. The van der Waals surface area contributed by atoms with E-state index in [0.29, 0.717) is 41.8 Å². The molecule has 0 aliphatic carbocycles. The SMILES string of the molecule is CC(C)CNc1oc(-c2ccccc2Cl)nc1S(=O)(=O)c1ccc2c(c1)OCCO2. The number of halogens is 1. The quantitative estimate of drug-likeness (QED) is 0.586. The molecule has 0 radical (unpaired) electrons. The van der Waals surface area contributed by atoms with Crippen LogP contribution in [0.25, 0.3) is 11.5 Å². The Labute approximate surface area is 179 Å². The van der Waals surface area contributed by atoms with Crippen LogP contribution in [0.5, 0.6) is 11.5 Å². The lowest BCUT2D eigenvalue weighted by molar-refractivity contribution is 0.171. The fraction of sp³-hybridized carbons (Fsp3) is 0.286. The van der Waals surface area contributed by atoms with Crippen molar-refractivity contribution >= 4 is 27.3 Å². The Morgan fingerprint density at radius 1 is 1.10 bits per heavy atom. The van der Waals surface area contributed by atoms with Gasteiger partial charge in [-0.05, 0) is 30.2 Å². The zero-order chi connectivity index (χ0) is 21.3. The normalized spacial score (nSPS) is 13.5. The second-order valence-corrected chi connectivity index (χ2v) is 9.49. The van der Waals surface area contributed by atoms with Crippen molar-refractivity contribution in [2.75, 3.05) is 25.1 Å². The van der Waals surface area contributed by atoms with Gasteiger partial charge in [0, 0.05) is 12.6 Å². The van der Waals surface area contributed by atoms with Gasteiger partial charge in [-0.1, -0.05) is 37.6 Å². The molecule has 3 aromatic rings. The Morgan fingerprint density at radius 3 is 2.57 bits per heavy atom. The largest absolute Gasteiger partial charge is 0.486 e. The highest BCUT2D eigenvalue weighted by molar-refractivity contribution is 7.91. The highest BCUT2D eigenvalue weighted by atomic mass is 35.5. The standard InChI is InChI=1S/C21H21ClN2O5S/c1-13(2)12-23-20-21(24-19(29-20)15-5-3-4-6-16(15)22)30(25,26)14-7-8-17-18(11-14)28-10-9-27-17/h3-8,11,13,23H,9-10,12H2,1-2H3. The summed E-state index contributed by atoms with van der Waals surface area (Å²) in [4.78, 5) is 4.35. The molecule has 0 saturated heterocycles. The number of ether oxygens (including phenoxy) is 2. The topological polar surface area (TPSA) is 90.7 Å². The van der Waals surface area contributed by atoms with E-state index >= 15 is 0 Å². The summed E-state index contributed by atoms with van der Waals surface area (Å²) >= 11 is 6.26. The van der Waals surface area contributed by atoms with Crippen molar-refractivity contribution in [2.45, 2.75) is 23.8 Å². The van der Waals surface area contributed by atoms with Crippen LogP contribution in [0, 0.1) is 5.92 Å². The summed E-state index contributed by atoms with van der Waals surface area (Å²) < 4.78 is 43.7. The maximum Gasteiger partial charge on any atom is 0.233 e. The van der Waals surface area contributed by atoms with Crippen molar-refractivity contribution in [3.8, 4) is 23.0 Å². The van der Waals surface area contributed by atoms with Gasteiger partial charge in [-0.2, -0.15) is 4.98 Å². The zero-order valence-corrected chi connectivity index (χ0v) is 18.1. The Hall–Kier alpha value is -2.71. The fourth-order valence-electron chi connectivity index (χ4n) is 2.95. The third-order valence-corrected chi connectivity index (χ3v) is 6.44. The number of nitrogens with zero attached hydrogens (tertiary/aromatic N) is 1. The molecule has 158 valence electrons. The van der Waals surface area contributed by atoms with Crippen LogP contribution in [-0.2, 0) is 9.84 Å². The number of anilines is 1. The van der Waals surface area contributed by atoms with E-state index in [0.717, 1.165) is 0 Å². The molecular weight excluding hydrogens is 428 g/mol. The number of aromatic nitrogens is 1. The molecule has 0 unspecified atom stereocenters. The second-order valence-electron chi connectivity index (χ2n) is 7.22. The minimum Gasteiger partial charge on any atom is -0.486 e. The van der Waals surface area contributed by atoms with E-state index in [1.807, 2.05) is 13.8 Å². The van der Waals surface area contributed by atoms with Crippen molar-refractivity contribution in [3.05, 3.63) is 47.5 Å². The minimum atomic E-state index is -4.00. The monoisotopic (exact) mass is 448 g/mol. The van der Waals surface area contributed by atoms with Gasteiger partial charge in [-0.25, -0.2) is 8.42 Å². The molecule has 9 heteroatoms. The maximum absolute atomic E-state index is 13.4. The highest BCUT2D eigenvalue weighted by Gasteiger charge is 2.30. The Bertz CT molecular complexity index is 1170. The van der Waals surface area contributed by atoms with E-state index in [2.05, 4.69) is 10.3 Å². The minimum absolute atomic E-state index is 0.0401. The molecule has 30 heavy (non-hydrogen) atoms. The molecule has 1 aliphatic rings. The van der Waals surface area contributed by atoms with Crippen molar-refractivity contribution in [2.24, 2.45) is 5.92 Å². The van der Waals surface area contributed by atoms with Gasteiger partial charge in [0.2, 0.25) is 26.6 Å². The summed E-state index contributed by atoms with van der Waals surface area (Å²) in [5, 5.41) is 3.27. The van der Waals surface area contributed by atoms with Gasteiger partial charge < -0.3 is 19.2 Å². The van der Waals surface area contributed by atoms with Crippen molar-refractivity contribution in [1.82, 2.24) is 4.98 Å². The number of oxazole rings is 1. The summed E-state index contributed by atoms with van der Waals surface area (Å²) in [5.41, 5.74) is 0.510. The highest BCUT2D eigenvalue weighted by Crippen LogP contribution is 2.38. The van der Waals surface area contributed by atoms with Crippen molar-refractivity contribution in [3.63, 3.8) is 0 Å². The van der Waals surface area contributed by atoms with Crippen LogP contribution >= 0.6 is 11.6 Å². The number of hydrogen-bond donors (Lipinski definition) is 1. The third kappa shape index (κ3) is 3.97. The first kappa shape index (κ1) is 20.6. The number of rotatable bonds is 6. The average molecular weight is 449 g/mol. The lowest BCUT2D eigenvalue weighted by Crippen LogP contribution is -2.16. The first-order valence-corrected chi connectivity index (χ1v) is 11.4. The van der Waals surface area contributed by atoms with Crippen molar-refractivity contribution < 1.29 is 22.3 Å². The zero-order valence-electron chi connectivity index (χ0n) is 16.5. The summed E-state index contributed by atoms with van der Waals surface area (Å²) in [6.07, 6.45) is 0. The molecule has 1 aliphatic heterocycles. The Morgan fingerprint density at radius 2 is 1.83 bits per heavy atom. The molecule has 7 nitrogen and oxygen atoms in total. The predicted octanol–water partition coefficient (Wildman–Crippen LogP) is 4.67.